The Morgan fingerprint density at radius 2 is 1.96 bits per heavy atom. The van der Waals surface area contributed by atoms with Gasteiger partial charge in [0.05, 0.1) is 18.4 Å². The predicted molar refractivity (Wildman–Crippen MR) is 96.6 cm³/mol. The normalized spacial score (nSPS) is 10.5. The number of hydrogen-bond acceptors (Lipinski definition) is 2. The zero-order valence-corrected chi connectivity index (χ0v) is 14.2. The van der Waals surface area contributed by atoms with Gasteiger partial charge in [-0.25, -0.2) is 9.18 Å². The molecule has 0 unspecified atom stereocenters. The summed E-state index contributed by atoms with van der Waals surface area (Å²) in [6.45, 7) is 2.12. The van der Waals surface area contributed by atoms with Crippen LogP contribution in [0.1, 0.15) is 11.1 Å². The van der Waals surface area contributed by atoms with Gasteiger partial charge in [0.2, 0.25) is 0 Å². The van der Waals surface area contributed by atoms with Crippen molar-refractivity contribution in [1.82, 2.24) is 9.78 Å². The van der Waals surface area contributed by atoms with Crippen LogP contribution in [0.25, 0.3) is 0 Å². The van der Waals surface area contributed by atoms with Crippen LogP contribution in [-0.2, 0) is 6.54 Å². The minimum Gasteiger partial charge on any atom is -0.308 e. The van der Waals surface area contributed by atoms with E-state index in [0.29, 0.717) is 22.0 Å². The Balaban J connectivity index is 1.64. The number of carbonyl (C=O) groups is 1. The minimum absolute atomic E-state index is 0.173. The van der Waals surface area contributed by atoms with Crippen molar-refractivity contribution in [2.45, 2.75) is 13.5 Å². The summed E-state index contributed by atoms with van der Waals surface area (Å²) in [5.41, 5.74) is 2.59. The van der Waals surface area contributed by atoms with E-state index < -0.39 is 5.82 Å². The van der Waals surface area contributed by atoms with Crippen LogP contribution in [0.15, 0.2) is 54.9 Å². The molecule has 1 aromatic heterocycles. The largest absolute Gasteiger partial charge is 0.323 e. The fourth-order valence-corrected chi connectivity index (χ4v) is 2.60. The summed E-state index contributed by atoms with van der Waals surface area (Å²) in [7, 11) is 0. The van der Waals surface area contributed by atoms with E-state index in [1.165, 1.54) is 16.9 Å². The average Bonchev–Trinajstić information content (AvgIpc) is 2.98. The zero-order valence-electron chi connectivity index (χ0n) is 13.5. The lowest BCUT2D eigenvalue weighted by atomic mass is 10.2. The first-order valence-electron chi connectivity index (χ1n) is 7.61. The lowest BCUT2D eigenvalue weighted by Crippen LogP contribution is -2.19. The molecule has 3 aromatic rings. The summed E-state index contributed by atoms with van der Waals surface area (Å²) < 4.78 is 15.3. The van der Waals surface area contributed by atoms with Gasteiger partial charge in [-0.15, -0.1) is 0 Å². The average molecular weight is 359 g/mol. The van der Waals surface area contributed by atoms with Crippen molar-refractivity contribution >= 4 is 29.0 Å². The van der Waals surface area contributed by atoms with Crippen molar-refractivity contribution in [1.29, 1.82) is 0 Å². The summed E-state index contributed by atoms with van der Waals surface area (Å²) in [6.07, 6.45) is 3.10. The standard InChI is InChI=1S/C18H16ClFN4O/c1-12-4-2-5-13(8-12)22-18(25)23-14-9-21-24(10-14)11-15-16(19)6-3-7-17(15)20/h2-10H,11H2,1H3,(H2,22,23,25). The molecular weight excluding hydrogens is 343 g/mol. The van der Waals surface area contributed by atoms with Gasteiger partial charge >= 0.3 is 6.03 Å². The van der Waals surface area contributed by atoms with Crippen molar-refractivity contribution < 1.29 is 9.18 Å². The van der Waals surface area contributed by atoms with Crippen molar-refractivity contribution in [3.05, 3.63) is 76.8 Å². The molecule has 1 heterocycles. The topological polar surface area (TPSA) is 59.0 Å². The van der Waals surface area contributed by atoms with Gasteiger partial charge in [-0.05, 0) is 36.8 Å². The highest BCUT2D eigenvalue weighted by Crippen LogP contribution is 2.20. The molecule has 0 fully saturated rings. The molecular formula is C18H16ClFN4O. The quantitative estimate of drug-likeness (QED) is 0.711. The molecule has 0 aliphatic heterocycles. The lowest BCUT2D eigenvalue weighted by Gasteiger charge is -2.07. The Morgan fingerprint density at radius 3 is 2.72 bits per heavy atom. The third-order valence-electron chi connectivity index (χ3n) is 3.55. The first kappa shape index (κ1) is 17.0. The Morgan fingerprint density at radius 1 is 1.20 bits per heavy atom. The Hall–Kier alpha value is -2.86. The van der Waals surface area contributed by atoms with Crippen LogP contribution in [0.3, 0.4) is 0 Å². The monoisotopic (exact) mass is 358 g/mol. The molecule has 2 N–H and O–H groups in total. The number of nitrogens with zero attached hydrogens (tertiary/aromatic N) is 2. The number of anilines is 2. The van der Waals surface area contributed by atoms with Crippen LogP contribution in [0.4, 0.5) is 20.6 Å². The number of benzene rings is 2. The fourth-order valence-electron chi connectivity index (χ4n) is 2.38. The van der Waals surface area contributed by atoms with Crippen LogP contribution >= 0.6 is 11.6 Å². The molecule has 0 atom stereocenters. The molecule has 2 aromatic carbocycles. The third-order valence-corrected chi connectivity index (χ3v) is 3.90. The second-order valence-corrected chi connectivity index (χ2v) is 5.98. The minimum atomic E-state index is -0.394. The van der Waals surface area contributed by atoms with Gasteiger partial charge in [-0.1, -0.05) is 29.8 Å². The van der Waals surface area contributed by atoms with Gasteiger partial charge in [0.1, 0.15) is 5.82 Å². The highest BCUT2D eigenvalue weighted by atomic mass is 35.5. The first-order valence-corrected chi connectivity index (χ1v) is 7.99. The number of nitrogens with one attached hydrogen (secondary N) is 2. The number of aryl methyl sites for hydroxylation is 1. The maximum atomic E-state index is 13.8. The second kappa shape index (κ2) is 7.36. The van der Waals surface area contributed by atoms with Gasteiger partial charge in [-0.3, -0.25) is 4.68 Å². The molecule has 0 radical (unpaired) electrons. The van der Waals surface area contributed by atoms with Crippen LogP contribution < -0.4 is 10.6 Å². The molecule has 25 heavy (non-hydrogen) atoms. The van der Waals surface area contributed by atoms with Crippen LogP contribution in [0, 0.1) is 12.7 Å². The summed E-state index contributed by atoms with van der Waals surface area (Å²) in [4.78, 5) is 12.0. The van der Waals surface area contributed by atoms with Crippen LogP contribution in [0.2, 0.25) is 5.02 Å². The summed E-state index contributed by atoms with van der Waals surface area (Å²) >= 11 is 6.01. The molecule has 0 saturated heterocycles. The van der Waals surface area contributed by atoms with E-state index in [-0.39, 0.29) is 12.6 Å². The van der Waals surface area contributed by atoms with Crippen molar-refractivity contribution in [2.24, 2.45) is 0 Å². The molecule has 0 spiro atoms. The first-order chi connectivity index (χ1) is 12.0. The van der Waals surface area contributed by atoms with E-state index in [2.05, 4.69) is 15.7 Å². The van der Waals surface area contributed by atoms with Crippen molar-refractivity contribution in [3.63, 3.8) is 0 Å². The molecule has 7 heteroatoms. The molecule has 0 saturated carbocycles. The highest BCUT2D eigenvalue weighted by molar-refractivity contribution is 6.31. The van der Waals surface area contributed by atoms with E-state index in [9.17, 15) is 9.18 Å². The van der Waals surface area contributed by atoms with E-state index in [1.807, 2.05) is 25.1 Å². The summed E-state index contributed by atoms with van der Waals surface area (Å²) in [5, 5.41) is 9.88. The smallest absolute Gasteiger partial charge is 0.308 e. The number of carbonyl (C=O) groups excluding carboxylic acids is 1. The van der Waals surface area contributed by atoms with Gasteiger partial charge < -0.3 is 10.6 Å². The van der Waals surface area contributed by atoms with Gasteiger partial charge in [0.15, 0.2) is 0 Å². The molecule has 3 rings (SSSR count). The Kier molecular flexibility index (Phi) is 5.00. The summed E-state index contributed by atoms with van der Waals surface area (Å²) in [5.74, 6) is -0.394. The fraction of sp³-hybridized carbons (Fsp3) is 0.111. The van der Waals surface area contributed by atoms with Gasteiger partial charge in [0.25, 0.3) is 0 Å². The molecule has 0 aliphatic rings. The number of aromatic nitrogens is 2. The SMILES string of the molecule is Cc1cccc(NC(=O)Nc2cnn(Cc3c(F)cccc3Cl)c2)c1. The number of hydrogen-bond donors (Lipinski definition) is 2. The number of urea groups is 1. The summed E-state index contributed by atoms with van der Waals surface area (Å²) in [6, 6.07) is 11.6. The van der Waals surface area contributed by atoms with Crippen molar-refractivity contribution in [3.8, 4) is 0 Å². The molecule has 2 amide bonds. The maximum absolute atomic E-state index is 13.8. The molecule has 5 nitrogen and oxygen atoms in total. The van der Waals surface area contributed by atoms with E-state index in [0.717, 1.165) is 5.56 Å². The number of rotatable bonds is 4. The number of amides is 2. The molecule has 0 aliphatic carbocycles. The predicted octanol–water partition coefficient (Wildman–Crippen LogP) is 4.68. The maximum Gasteiger partial charge on any atom is 0.323 e. The number of halogens is 2. The Labute approximate surface area is 149 Å². The van der Waals surface area contributed by atoms with Crippen molar-refractivity contribution in [2.75, 3.05) is 10.6 Å². The molecule has 0 bridgehead atoms. The van der Waals surface area contributed by atoms with Gasteiger partial charge in [0, 0.05) is 22.5 Å². The molecule has 128 valence electrons. The van der Waals surface area contributed by atoms with Crippen LogP contribution in [0.5, 0.6) is 0 Å². The van der Waals surface area contributed by atoms with E-state index >= 15 is 0 Å². The zero-order chi connectivity index (χ0) is 17.8. The Bertz CT molecular complexity index is 889. The van der Waals surface area contributed by atoms with E-state index in [1.54, 1.807) is 24.4 Å². The van der Waals surface area contributed by atoms with Crippen LogP contribution in [-0.4, -0.2) is 15.8 Å². The third kappa shape index (κ3) is 4.36. The highest BCUT2D eigenvalue weighted by Gasteiger charge is 2.10. The second-order valence-electron chi connectivity index (χ2n) is 5.58. The van der Waals surface area contributed by atoms with E-state index in [4.69, 9.17) is 11.6 Å². The van der Waals surface area contributed by atoms with Gasteiger partial charge in [-0.2, -0.15) is 5.10 Å². The lowest BCUT2D eigenvalue weighted by molar-refractivity contribution is 0.262.